The van der Waals surface area contributed by atoms with Crippen molar-refractivity contribution < 1.29 is 9.13 Å². The summed E-state index contributed by atoms with van der Waals surface area (Å²) < 4.78 is 19.0. The Labute approximate surface area is 109 Å². The summed E-state index contributed by atoms with van der Waals surface area (Å²) in [5.41, 5.74) is 5.73. The number of benzene rings is 1. The van der Waals surface area contributed by atoms with Crippen molar-refractivity contribution in [2.24, 2.45) is 5.84 Å². The SMILES string of the molecule is COc1cccc(CC(NN)c2cscn2)c1F. The molecule has 2 rings (SSSR count). The molecule has 96 valence electrons. The van der Waals surface area contributed by atoms with Crippen molar-refractivity contribution in [3.63, 3.8) is 0 Å². The van der Waals surface area contributed by atoms with E-state index >= 15 is 0 Å². The Morgan fingerprint density at radius 3 is 3.00 bits per heavy atom. The van der Waals surface area contributed by atoms with Crippen LogP contribution in [0.25, 0.3) is 0 Å². The summed E-state index contributed by atoms with van der Waals surface area (Å²) in [6, 6.07) is 4.85. The van der Waals surface area contributed by atoms with Crippen molar-refractivity contribution >= 4 is 11.3 Å². The van der Waals surface area contributed by atoms with Crippen molar-refractivity contribution in [3.8, 4) is 5.75 Å². The molecule has 0 saturated carbocycles. The Morgan fingerprint density at radius 1 is 1.56 bits per heavy atom. The average molecular weight is 267 g/mol. The number of thiazole rings is 1. The van der Waals surface area contributed by atoms with Gasteiger partial charge in [-0.1, -0.05) is 12.1 Å². The molecular formula is C12H14FN3OS. The van der Waals surface area contributed by atoms with Crippen LogP contribution in [0, 0.1) is 5.82 Å². The maximum Gasteiger partial charge on any atom is 0.168 e. The minimum Gasteiger partial charge on any atom is -0.494 e. The molecule has 0 fully saturated rings. The van der Waals surface area contributed by atoms with Crippen LogP contribution in [0.15, 0.2) is 29.1 Å². The van der Waals surface area contributed by atoms with E-state index in [9.17, 15) is 4.39 Å². The lowest BCUT2D eigenvalue weighted by Gasteiger charge is -2.15. The Bertz CT molecular complexity index is 504. The van der Waals surface area contributed by atoms with Crippen molar-refractivity contribution in [2.45, 2.75) is 12.5 Å². The molecule has 1 aromatic heterocycles. The molecule has 1 unspecified atom stereocenters. The van der Waals surface area contributed by atoms with E-state index in [0.29, 0.717) is 12.0 Å². The lowest BCUT2D eigenvalue weighted by molar-refractivity contribution is 0.382. The van der Waals surface area contributed by atoms with Gasteiger partial charge in [0, 0.05) is 5.38 Å². The molecule has 4 nitrogen and oxygen atoms in total. The van der Waals surface area contributed by atoms with E-state index in [1.807, 2.05) is 5.38 Å². The standard InChI is InChI=1S/C12H14FN3OS/c1-17-11-4-2-3-8(12(11)13)5-9(16-14)10-6-18-7-15-10/h2-4,6-7,9,16H,5,14H2,1H3. The second-order valence-electron chi connectivity index (χ2n) is 3.77. The lowest BCUT2D eigenvalue weighted by Crippen LogP contribution is -2.30. The predicted octanol–water partition coefficient (Wildman–Crippen LogP) is 2.04. The van der Waals surface area contributed by atoms with Crippen LogP contribution < -0.4 is 16.0 Å². The molecule has 0 saturated heterocycles. The van der Waals surface area contributed by atoms with E-state index in [0.717, 1.165) is 5.69 Å². The Hall–Kier alpha value is -1.50. The number of nitrogens with zero attached hydrogens (tertiary/aromatic N) is 1. The minimum absolute atomic E-state index is 0.210. The average Bonchev–Trinajstić information content (AvgIpc) is 2.91. The summed E-state index contributed by atoms with van der Waals surface area (Å²) in [5, 5.41) is 1.89. The molecule has 1 heterocycles. The van der Waals surface area contributed by atoms with Gasteiger partial charge in [0.15, 0.2) is 11.6 Å². The van der Waals surface area contributed by atoms with Crippen molar-refractivity contribution in [3.05, 3.63) is 46.2 Å². The first-order chi connectivity index (χ1) is 8.76. The molecule has 1 aromatic carbocycles. The van der Waals surface area contributed by atoms with Gasteiger partial charge in [0.05, 0.1) is 24.4 Å². The summed E-state index contributed by atoms with van der Waals surface area (Å²) in [6.45, 7) is 0. The smallest absolute Gasteiger partial charge is 0.168 e. The number of nitrogens with one attached hydrogen (secondary N) is 1. The molecule has 6 heteroatoms. The third-order valence-corrected chi connectivity index (χ3v) is 3.30. The predicted molar refractivity (Wildman–Crippen MR) is 68.8 cm³/mol. The number of rotatable bonds is 5. The normalized spacial score (nSPS) is 12.4. The number of hydrogen-bond donors (Lipinski definition) is 2. The van der Waals surface area contributed by atoms with Gasteiger partial charge in [-0.25, -0.2) is 9.37 Å². The molecule has 0 amide bonds. The van der Waals surface area contributed by atoms with Gasteiger partial charge in [0.2, 0.25) is 0 Å². The molecule has 0 aliphatic rings. The van der Waals surface area contributed by atoms with Gasteiger partial charge >= 0.3 is 0 Å². The number of halogens is 1. The monoisotopic (exact) mass is 267 g/mol. The van der Waals surface area contributed by atoms with E-state index in [4.69, 9.17) is 10.6 Å². The number of methoxy groups -OCH3 is 1. The van der Waals surface area contributed by atoms with E-state index < -0.39 is 0 Å². The zero-order valence-electron chi connectivity index (χ0n) is 9.89. The summed E-state index contributed by atoms with van der Waals surface area (Å²) in [5.74, 6) is 5.38. The maximum atomic E-state index is 14.0. The van der Waals surface area contributed by atoms with E-state index in [-0.39, 0.29) is 17.6 Å². The maximum absolute atomic E-state index is 14.0. The first-order valence-electron chi connectivity index (χ1n) is 5.42. The number of hydrazine groups is 1. The molecule has 0 bridgehead atoms. The highest BCUT2D eigenvalue weighted by Gasteiger charge is 2.16. The highest BCUT2D eigenvalue weighted by Crippen LogP contribution is 2.24. The molecule has 0 spiro atoms. The Morgan fingerprint density at radius 2 is 2.39 bits per heavy atom. The molecule has 0 radical (unpaired) electrons. The van der Waals surface area contributed by atoms with Gasteiger partial charge in [-0.05, 0) is 18.1 Å². The zero-order chi connectivity index (χ0) is 13.0. The van der Waals surface area contributed by atoms with Gasteiger partial charge in [-0.2, -0.15) is 0 Å². The van der Waals surface area contributed by atoms with Gasteiger partial charge in [-0.15, -0.1) is 11.3 Å². The van der Waals surface area contributed by atoms with Gasteiger partial charge in [-0.3, -0.25) is 11.3 Å². The van der Waals surface area contributed by atoms with E-state index in [2.05, 4.69) is 10.4 Å². The second kappa shape index (κ2) is 5.90. The molecule has 0 aliphatic heterocycles. The number of nitrogens with two attached hydrogens (primary N) is 1. The minimum atomic E-state index is -0.351. The van der Waals surface area contributed by atoms with Crippen molar-refractivity contribution in [1.82, 2.24) is 10.4 Å². The first-order valence-corrected chi connectivity index (χ1v) is 6.36. The van der Waals surface area contributed by atoms with Crippen LogP contribution in [0.3, 0.4) is 0 Å². The van der Waals surface area contributed by atoms with Crippen LogP contribution in [0.4, 0.5) is 4.39 Å². The number of hydrogen-bond acceptors (Lipinski definition) is 5. The molecule has 2 aromatic rings. The largest absolute Gasteiger partial charge is 0.494 e. The third-order valence-electron chi connectivity index (χ3n) is 2.70. The molecule has 18 heavy (non-hydrogen) atoms. The van der Waals surface area contributed by atoms with Crippen LogP contribution >= 0.6 is 11.3 Å². The Kier molecular flexibility index (Phi) is 4.24. The quantitative estimate of drug-likeness (QED) is 0.643. The fourth-order valence-electron chi connectivity index (χ4n) is 1.73. The molecular weight excluding hydrogens is 253 g/mol. The molecule has 3 N–H and O–H groups in total. The summed E-state index contributed by atoms with van der Waals surface area (Å²) in [4.78, 5) is 4.18. The fraction of sp³-hybridized carbons (Fsp3) is 0.250. The first kappa shape index (κ1) is 12.9. The summed E-state index contributed by atoms with van der Waals surface area (Å²) in [7, 11) is 1.45. The number of ether oxygens (including phenoxy) is 1. The topological polar surface area (TPSA) is 60.2 Å². The third kappa shape index (κ3) is 2.66. The molecule has 1 atom stereocenters. The Balaban J connectivity index is 2.22. The summed E-state index contributed by atoms with van der Waals surface area (Å²) in [6.07, 6.45) is 0.420. The highest BCUT2D eigenvalue weighted by molar-refractivity contribution is 7.07. The van der Waals surface area contributed by atoms with Gasteiger partial charge < -0.3 is 4.74 Å². The van der Waals surface area contributed by atoms with Gasteiger partial charge in [0.1, 0.15) is 0 Å². The number of aromatic nitrogens is 1. The molecule has 0 aliphatic carbocycles. The van der Waals surface area contributed by atoms with Crippen LogP contribution in [-0.4, -0.2) is 12.1 Å². The van der Waals surface area contributed by atoms with E-state index in [1.165, 1.54) is 18.4 Å². The van der Waals surface area contributed by atoms with Crippen LogP contribution in [0.5, 0.6) is 5.75 Å². The van der Waals surface area contributed by atoms with Gasteiger partial charge in [0.25, 0.3) is 0 Å². The van der Waals surface area contributed by atoms with Crippen LogP contribution in [0.2, 0.25) is 0 Å². The lowest BCUT2D eigenvalue weighted by atomic mass is 10.0. The second-order valence-corrected chi connectivity index (χ2v) is 4.49. The van der Waals surface area contributed by atoms with Crippen molar-refractivity contribution in [1.29, 1.82) is 0 Å². The summed E-state index contributed by atoms with van der Waals surface area (Å²) >= 11 is 1.48. The zero-order valence-corrected chi connectivity index (χ0v) is 10.7. The highest BCUT2D eigenvalue weighted by atomic mass is 32.1. The fourth-order valence-corrected chi connectivity index (χ4v) is 2.34. The van der Waals surface area contributed by atoms with Crippen LogP contribution in [-0.2, 0) is 6.42 Å². The van der Waals surface area contributed by atoms with Crippen molar-refractivity contribution in [2.75, 3.05) is 7.11 Å². The van der Waals surface area contributed by atoms with Crippen LogP contribution in [0.1, 0.15) is 17.3 Å². The van der Waals surface area contributed by atoms with E-state index in [1.54, 1.807) is 23.7 Å².